The third-order valence-electron chi connectivity index (χ3n) is 6.89. The molecule has 3 atom stereocenters. The predicted molar refractivity (Wildman–Crippen MR) is 131 cm³/mol. The van der Waals surface area contributed by atoms with Gasteiger partial charge in [-0.25, -0.2) is 0 Å². The Bertz CT molecular complexity index is 532. The summed E-state index contributed by atoms with van der Waals surface area (Å²) in [6.07, 6.45) is 11.9. The second-order valence-corrected chi connectivity index (χ2v) is 9.50. The monoisotopic (exact) mass is 470 g/mol. The number of nitrogens with zero attached hydrogens (tertiary/aromatic N) is 1. The van der Waals surface area contributed by atoms with Crippen LogP contribution in [0.4, 0.5) is 0 Å². The average Bonchev–Trinajstić information content (AvgIpc) is 2.77. The van der Waals surface area contributed by atoms with Crippen molar-refractivity contribution in [1.29, 1.82) is 0 Å². The van der Waals surface area contributed by atoms with Crippen LogP contribution in [0.25, 0.3) is 0 Å². The number of hydrogen-bond acceptors (Lipinski definition) is 3. The van der Waals surface area contributed by atoms with E-state index in [0.717, 1.165) is 38.5 Å². The molecule has 0 aliphatic heterocycles. The number of hydrogen-bond donors (Lipinski definition) is 3. The fourth-order valence-electron chi connectivity index (χ4n) is 4.67. The van der Waals surface area contributed by atoms with Gasteiger partial charge in [0.1, 0.15) is 17.8 Å². The molecule has 0 rings (SSSR count). The molecule has 0 aromatic heterocycles. The zero-order valence-corrected chi connectivity index (χ0v) is 21.1. The molecule has 0 bridgehead atoms. The standard InChI is InChI=1S/C26H47NO6/c1-5-9-10-11-12-13-14-15-16-17-27(18-21(6-2)24(28)29,19-22(7-3)25(30)31)20-23(8-4)26(32)33/h5,21-23H,1,6-20H2,2-4H3,(H2-,28,29,30,31,32,33)/p+1. The van der Waals surface area contributed by atoms with Gasteiger partial charge in [0.05, 0.1) is 26.2 Å². The summed E-state index contributed by atoms with van der Waals surface area (Å²) < 4.78 is 0.250. The van der Waals surface area contributed by atoms with Gasteiger partial charge in [0.15, 0.2) is 0 Å². The van der Waals surface area contributed by atoms with E-state index in [1.807, 2.05) is 26.8 Å². The first-order valence-corrected chi connectivity index (χ1v) is 12.8. The molecule has 7 nitrogen and oxygen atoms in total. The quantitative estimate of drug-likeness (QED) is 0.110. The number of carboxylic acids is 3. The lowest BCUT2D eigenvalue weighted by atomic mass is 9.95. The maximum Gasteiger partial charge on any atom is 0.312 e. The van der Waals surface area contributed by atoms with Crippen LogP contribution < -0.4 is 0 Å². The maximum absolute atomic E-state index is 11.9. The van der Waals surface area contributed by atoms with E-state index >= 15 is 0 Å². The van der Waals surface area contributed by atoms with Gasteiger partial charge in [-0.15, -0.1) is 6.58 Å². The van der Waals surface area contributed by atoms with Crippen LogP contribution in [0, 0.1) is 17.8 Å². The van der Waals surface area contributed by atoms with E-state index in [1.54, 1.807) is 0 Å². The number of carboxylic acid groups (broad SMARTS) is 3. The molecule has 0 aromatic carbocycles. The van der Waals surface area contributed by atoms with Crippen LogP contribution in [-0.2, 0) is 14.4 Å². The van der Waals surface area contributed by atoms with E-state index in [0.29, 0.717) is 25.8 Å². The van der Waals surface area contributed by atoms with E-state index in [9.17, 15) is 29.7 Å². The second kappa shape index (κ2) is 17.6. The van der Waals surface area contributed by atoms with Crippen molar-refractivity contribution in [2.45, 2.75) is 91.4 Å². The zero-order chi connectivity index (χ0) is 25.3. The molecule has 0 saturated heterocycles. The first-order valence-electron chi connectivity index (χ1n) is 12.8. The number of aliphatic carboxylic acids is 3. The summed E-state index contributed by atoms with van der Waals surface area (Å²) in [7, 11) is 0. The van der Waals surface area contributed by atoms with E-state index in [2.05, 4.69) is 6.58 Å². The van der Waals surface area contributed by atoms with Crippen molar-refractivity contribution in [1.82, 2.24) is 0 Å². The molecule has 3 N–H and O–H groups in total. The molecular formula is C26H48NO6+. The Hall–Kier alpha value is -1.89. The largest absolute Gasteiger partial charge is 0.481 e. The summed E-state index contributed by atoms with van der Waals surface area (Å²) in [5, 5.41) is 29.2. The summed E-state index contributed by atoms with van der Waals surface area (Å²) in [6.45, 7) is 10.7. The van der Waals surface area contributed by atoms with Crippen LogP contribution in [0.2, 0.25) is 0 Å². The fourth-order valence-corrected chi connectivity index (χ4v) is 4.67. The third kappa shape index (κ3) is 12.8. The summed E-state index contributed by atoms with van der Waals surface area (Å²) in [4.78, 5) is 35.6. The van der Waals surface area contributed by atoms with Gasteiger partial charge in [0.25, 0.3) is 0 Å². The minimum atomic E-state index is -0.897. The lowest BCUT2D eigenvalue weighted by molar-refractivity contribution is -0.935. The van der Waals surface area contributed by atoms with E-state index in [4.69, 9.17) is 0 Å². The van der Waals surface area contributed by atoms with Crippen LogP contribution in [0.1, 0.15) is 91.4 Å². The van der Waals surface area contributed by atoms with Crippen molar-refractivity contribution in [2.75, 3.05) is 26.2 Å². The van der Waals surface area contributed by atoms with Crippen LogP contribution >= 0.6 is 0 Å². The summed E-state index contributed by atoms with van der Waals surface area (Å²) in [6, 6.07) is 0. The second-order valence-electron chi connectivity index (χ2n) is 9.50. The highest BCUT2D eigenvalue weighted by atomic mass is 16.4. The molecule has 3 unspecified atom stereocenters. The van der Waals surface area contributed by atoms with E-state index in [-0.39, 0.29) is 24.1 Å². The summed E-state index contributed by atoms with van der Waals surface area (Å²) in [5.74, 6) is -4.55. The Morgan fingerprint density at radius 2 is 1.00 bits per heavy atom. The van der Waals surface area contributed by atoms with Crippen LogP contribution in [0.5, 0.6) is 0 Å². The van der Waals surface area contributed by atoms with E-state index < -0.39 is 35.7 Å². The van der Waals surface area contributed by atoms with E-state index in [1.165, 1.54) is 12.8 Å². The normalized spacial score (nSPS) is 15.8. The summed E-state index contributed by atoms with van der Waals surface area (Å²) >= 11 is 0. The topological polar surface area (TPSA) is 112 Å². The molecule has 7 heteroatoms. The predicted octanol–water partition coefficient (Wildman–Crippen LogP) is 5.44. The van der Waals surface area contributed by atoms with Gasteiger partial charge in [-0.05, 0) is 44.9 Å². The van der Waals surface area contributed by atoms with Gasteiger partial charge in [0.2, 0.25) is 0 Å². The van der Waals surface area contributed by atoms with Crippen LogP contribution in [-0.4, -0.2) is 63.9 Å². The Labute approximate surface area is 200 Å². The number of unbranched alkanes of at least 4 members (excludes halogenated alkanes) is 7. The van der Waals surface area contributed by atoms with Gasteiger partial charge in [0, 0.05) is 0 Å². The molecule has 0 amide bonds. The minimum Gasteiger partial charge on any atom is -0.481 e. The first-order chi connectivity index (χ1) is 15.7. The van der Waals surface area contributed by atoms with Gasteiger partial charge in [-0.3, -0.25) is 14.4 Å². The van der Waals surface area contributed by atoms with Gasteiger partial charge in [-0.1, -0.05) is 52.5 Å². The highest BCUT2D eigenvalue weighted by Gasteiger charge is 2.40. The molecular weight excluding hydrogens is 422 g/mol. The van der Waals surface area contributed by atoms with Crippen molar-refractivity contribution in [3.8, 4) is 0 Å². The van der Waals surface area contributed by atoms with Crippen molar-refractivity contribution in [2.24, 2.45) is 17.8 Å². The molecule has 0 aliphatic rings. The SMILES string of the molecule is C=CCCCCCCCCC[N+](CC(CC)C(=O)O)(CC(CC)C(=O)O)CC(CC)C(=O)O. The summed E-state index contributed by atoms with van der Waals surface area (Å²) in [5.41, 5.74) is 0. The molecule has 0 fully saturated rings. The first kappa shape index (κ1) is 31.1. The molecule has 0 saturated carbocycles. The highest BCUT2D eigenvalue weighted by Crippen LogP contribution is 2.25. The van der Waals surface area contributed by atoms with Gasteiger partial charge in [-0.2, -0.15) is 0 Å². The molecule has 33 heavy (non-hydrogen) atoms. The lowest BCUT2D eigenvalue weighted by Crippen LogP contribution is -2.58. The van der Waals surface area contributed by atoms with Crippen molar-refractivity contribution in [3.63, 3.8) is 0 Å². The molecule has 0 radical (unpaired) electrons. The Morgan fingerprint density at radius 3 is 1.30 bits per heavy atom. The Morgan fingerprint density at radius 1 is 0.667 bits per heavy atom. The molecule has 0 aliphatic carbocycles. The van der Waals surface area contributed by atoms with Crippen molar-refractivity contribution < 1.29 is 34.2 Å². The zero-order valence-electron chi connectivity index (χ0n) is 21.1. The maximum atomic E-state index is 11.9. The molecule has 0 heterocycles. The van der Waals surface area contributed by atoms with Crippen LogP contribution in [0.15, 0.2) is 12.7 Å². The van der Waals surface area contributed by atoms with Crippen LogP contribution in [0.3, 0.4) is 0 Å². The molecule has 0 aromatic rings. The fraction of sp³-hybridized carbons (Fsp3) is 0.808. The lowest BCUT2D eigenvalue weighted by Gasteiger charge is -2.43. The molecule has 192 valence electrons. The average molecular weight is 471 g/mol. The van der Waals surface area contributed by atoms with Crippen molar-refractivity contribution >= 4 is 17.9 Å². The highest BCUT2D eigenvalue weighted by molar-refractivity contribution is 5.71. The van der Waals surface area contributed by atoms with Crippen molar-refractivity contribution in [3.05, 3.63) is 12.7 Å². The van der Waals surface area contributed by atoms with Gasteiger partial charge >= 0.3 is 17.9 Å². The molecule has 0 spiro atoms. The number of allylic oxidation sites excluding steroid dienone is 1. The number of quaternary nitrogens is 1. The number of rotatable bonds is 22. The third-order valence-corrected chi connectivity index (χ3v) is 6.89. The van der Waals surface area contributed by atoms with Gasteiger partial charge < -0.3 is 19.8 Å². The Kier molecular flexibility index (Phi) is 16.6. The number of carbonyl (C=O) groups is 3. The minimum absolute atomic E-state index is 0.250. The smallest absolute Gasteiger partial charge is 0.312 e. The Balaban J connectivity index is 5.51.